The van der Waals surface area contributed by atoms with Crippen LogP contribution in [-0.2, 0) is 6.61 Å². The third-order valence-electron chi connectivity index (χ3n) is 3.03. The largest absolute Gasteiger partial charge is 0.489 e. The summed E-state index contributed by atoms with van der Waals surface area (Å²) in [6, 6.07) is 14.0. The molecule has 2 N–H and O–H groups in total. The Hall–Kier alpha value is -1.48. The van der Waals surface area contributed by atoms with Crippen LogP contribution in [0.5, 0.6) is 5.75 Å². The van der Waals surface area contributed by atoms with Gasteiger partial charge in [0.05, 0.1) is 0 Å². The number of nitrogen functional groups attached to an aromatic ring is 1. The van der Waals surface area contributed by atoms with Crippen LogP contribution in [0.15, 0.2) is 46.9 Å². The number of para-hydroxylation sites is 1. The van der Waals surface area contributed by atoms with E-state index in [1.807, 2.05) is 36.4 Å². The second-order valence-corrected chi connectivity index (χ2v) is 5.74. The van der Waals surface area contributed by atoms with E-state index in [2.05, 4.69) is 35.8 Å². The van der Waals surface area contributed by atoms with Crippen LogP contribution >= 0.6 is 15.9 Å². The van der Waals surface area contributed by atoms with Gasteiger partial charge in [0.2, 0.25) is 0 Å². The summed E-state index contributed by atoms with van der Waals surface area (Å²) < 4.78 is 6.89. The fourth-order valence-corrected chi connectivity index (χ4v) is 2.32. The predicted octanol–water partition coefficient (Wildman–Crippen LogP) is 4.73. The smallest absolute Gasteiger partial charge is 0.123 e. The van der Waals surface area contributed by atoms with E-state index in [-0.39, 0.29) is 0 Å². The van der Waals surface area contributed by atoms with Crippen molar-refractivity contribution in [2.24, 2.45) is 0 Å². The highest BCUT2D eigenvalue weighted by Crippen LogP contribution is 2.27. The van der Waals surface area contributed by atoms with Crippen molar-refractivity contribution in [3.63, 3.8) is 0 Å². The van der Waals surface area contributed by atoms with Crippen LogP contribution in [0, 0.1) is 0 Å². The fraction of sp³-hybridized carbons (Fsp3) is 0.250. The van der Waals surface area contributed by atoms with Crippen LogP contribution < -0.4 is 10.5 Å². The van der Waals surface area contributed by atoms with Crippen LogP contribution in [0.4, 0.5) is 5.69 Å². The zero-order valence-electron chi connectivity index (χ0n) is 11.2. The molecule has 0 spiro atoms. The number of anilines is 1. The lowest BCUT2D eigenvalue weighted by Gasteiger charge is -2.14. The van der Waals surface area contributed by atoms with Gasteiger partial charge in [-0.3, -0.25) is 0 Å². The maximum absolute atomic E-state index is 5.97. The second kappa shape index (κ2) is 6.11. The Morgan fingerprint density at radius 3 is 2.58 bits per heavy atom. The molecule has 0 aliphatic rings. The molecule has 2 rings (SSSR count). The molecule has 2 aromatic rings. The summed E-state index contributed by atoms with van der Waals surface area (Å²) in [7, 11) is 0. The molecule has 0 saturated heterocycles. The van der Waals surface area contributed by atoms with Crippen molar-refractivity contribution in [3.8, 4) is 5.75 Å². The minimum atomic E-state index is 0.443. The first-order valence-corrected chi connectivity index (χ1v) is 7.13. The molecule has 0 amide bonds. The first-order valence-electron chi connectivity index (χ1n) is 6.33. The molecule has 3 heteroatoms. The summed E-state index contributed by atoms with van der Waals surface area (Å²) in [4.78, 5) is 0. The van der Waals surface area contributed by atoms with Gasteiger partial charge in [0, 0.05) is 15.7 Å². The Morgan fingerprint density at radius 2 is 1.89 bits per heavy atom. The number of rotatable bonds is 4. The zero-order valence-corrected chi connectivity index (χ0v) is 12.8. The average Bonchev–Trinajstić information content (AvgIpc) is 2.38. The van der Waals surface area contributed by atoms with Crippen molar-refractivity contribution in [2.75, 3.05) is 5.73 Å². The van der Waals surface area contributed by atoms with Crippen LogP contribution in [0.25, 0.3) is 0 Å². The third-order valence-corrected chi connectivity index (χ3v) is 3.53. The van der Waals surface area contributed by atoms with Crippen molar-refractivity contribution in [2.45, 2.75) is 26.4 Å². The number of hydrogen-bond donors (Lipinski definition) is 1. The molecule has 0 fully saturated rings. The summed E-state index contributed by atoms with van der Waals surface area (Å²) in [5.74, 6) is 1.37. The number of hydrogen-bond acceptors (Lipinski definition) is 2. The zero-order chi connectivity index (χ0) is 13.8. The van der Waals surface area contributed by atoms with Crippen molar-refractivity contribution in [3.05, 3.63) is 58.1 Å². The predicted molar refractivity (Wildman–Crippen MR) is 83.4 cm³/mol. The Balaban J connectivity index is 2.14. The van der Waals surface area contributed by atoms with Gasteiger partial charge in [-0.2, -0.15) is 0 Å². The van der Waals surface area contributed by atoms with E-state index < -0.39 is 0 Å². The highest BCUT2D eigenvalue weighted by Gasteiger charge is 2.08. The molecule has 2 nitrogen and oxygen atoms in total. The molecule has 0 radical (unpaired) electrons. The Bertz CT molecular complexity index is 566. The molecule has 19 heavy (non-hydrogen) atoms. The van der Waals surface area contributed by atoms with Gasteiger partial charge in [-0.15, -0.1) is 0 Å². The van der Waals surface area contributed by atoms with E-state index in [9.17, 15) is 0 Å². The van der Waals surface area contributed by atoms with Gasteiger partial charge >= 0.3 is 0 Å². The first kappa shape index (κ1) is 13.9. The minimum Gasteiger partial charge on any atom is -0.489 e. The number of halogens is 1. The lowest BCUT2D eigenvalue weighted by atomic mass is 10.0. The highest BCUT2D eigenvalue weighted by molar-refractivity contribution is 9.10. The molecule has 0 saturated carbocycles. The molecule has 0 unspecified atom stereocenters. The van der Waals surface area contributed by atoms with Crippen LogP contribution in [0.1, 0.15) is 30.9 Å². The van der Waals surface area contributed by atoms with Gasteiger partial charge in [0.25, 0.3) is 0 Å². The van der Waals surface area contributed by atoms with Gasteiger partial charge in [-0.25, -0.2) is 0 Å². The molecule has 0 atom stereocenters. The van der Waals surface area contributed by atoms with Gasteiger partial charge in [-0.05, 0) is 29.7 Å². The fourth-order valence-electron chi connectivity index (χ4n) is 1.94. The molecule has 0 aromatic heterocycles. The molecule has 0 aliphatic heterocycles. The lowest BCUT2D eigenvalue weighted by Crippen LogP contribution is -2.02. The van der Waals surface area contributed by atoms with Crippen LogP contribution in [0.2, 0.25) is 0 Å². The second-order valence-electron chi connectivity index (χ2n) is 4.82. The average molecular weight is 320 g/mol. The molecule has 100 valence electrons. The van der Waals surface area contributed by atoms with Crippen molar-refractivity contribution in [1.82, 2.24) is 0 Å². The maximum atomic E-state index is 5.97. The van der Waals surface area contributed by atoms with E-state index in [0.29, 0.717) is 12.5 Å². The number of nitrogens with two attached hydrogens (primary N) is 1. The Kier molecular flexibility index (Phi) is 4.48. The van der Waals surface area contributed by atoms with Crippen molar-refractivity contribution >= 4 is 21.6 Å². The Morgan fingerprint density at radius 1 is 1.16 bits per heavy atom. The summed E-state index contributed by atoms with van der Waals surface area (Å²) in [5, 5.41) is 0. The number of benzene rings is 2. The van der Waals surface area contributed by atoms with Gasteiger partial charge in [0.1, 0.15) is 12.4 Å². The summed E-state index contributed by atoms with van der Waals surface area (Å²) in [6.45, 7) is 4.81. The van der Waals surface area contributed by atoms with E-state index in [4.69, 9.17) is 10.5 Å². The molecule has 0 bridgehead atoms. The van der Waals surface area contributed by atoms with Crippen molar-refractivity contribution < 1.29 is 4.74 Å². The highest BCUT2D eigenvalue weighted by atomic mass is 79.9. The molecule has 2 aromatic carbocycles. The van der Waals surface area contributed by atoms with Gasteiger partial charge < -0.3 is 10.5 Å². The quantitative estimate of drug-likeness (QED) is 0.826. The SMILES string of the molecule is CC(C)c1ccccc1OCc1ccc(Br)cc1N. The van der Waals surface area contributed by atoms with Gasteiger partial charge in [-0.1, -0.05) is 54.0 Å². The lowest BCUT2D eigenvalue weighted by molar-refractivity contribution is 0.302. The van der Waals surface area contributed by atoms with E-state index in [0.717, 1.165) is 21.5 Å². The summed E-state index contributed by atoms with van der Waals surface area (Å²) in [6.07, 6.45) is 0. The molecule has 0 heterocycles. The number of ether oxygens (including phenoxy) is 1. The minimum absolute atomic E-state index is 0.443. The van der Waals surface area contributed by atoms with Crippen molar-refractivity contribution in [1.29, 1.82) is 0 Å². The monoisotopic (exact) mass is 319 g/mol. The van der Waals surface area contributed by atoms with Gasteiger partial charge in [0.15, 0.2) is 0 Å². The third kappa shape index (κ3) is 3.51. The normalized spacial score (nSPS) is 10.7. The topological polar surface area (TPSA) is 35.2 Å². The van der Waals surface area contributed by atoms with E-state index in [1.165, 1.54) is 5.56 Å². The maximum Gasteiger partial charge on any atom is 0.123 e. The molecular formula is C16H18BrNO. The van der Waals surface area contributed by atoms with E-state index in [1.54, 1.807) is 0 Å². The summed E-state index contributed by atoms with van der Waals surface area (Å²) in [5.41, 5.74) is 8.94. The molecule has 0 aliphatic carbocycles. The van der Waals surface area contributed by atoms with E-state index >= 15 is 0 Å². The summed E-state index contributed by atoms with van der Waals surface area (Å²) >= 11 is 3.40. The molecular weight excluding hydrogens is 302 g/mol. The van der Waals surface area contributed by atoms with Crippen LogP contribution in [-0.4, -0.2) is 0 Å². The Labute approximate surface area is 122 Å². The van der Waals surface area contributed by atoms with Crippen LogP contribution in [0.3, 0.4) is 0 Å². The standard InChI is InChI=1S/C16H18BrNO/c1-11(2)14-5-3-4-6-16(14)19-10-12-7-8-13(17)9-15(12)18/h3-9,11H,10,18H2,1-2H3. The first-order chi connectivity index (χ1) is 9.08.